The van der Waals surface area contributed by atoms with E-state index in [-0.39, 0.29) is 12.1 Å². The predicted molar refractivity (Wildman–Crippen MR) is 111 cm³/mol. The van der Waals surface area contributed by atoms with Gasteiger partial charge in [-0.25, -0.2) is 4.79 Å². The molecule has 0 aliphatic carbocycles. The molecule has 28 heavy (non-hydrogen) atoms. The third-order valence-corrected chi connectivity index (χ3v) is 5.71. The summed E-state index contributed by atoms with van der Waals surface area (Å²) in [5.74, 6) is 2.40. The first-order valence-corrected chi connectivity index (χ1v) is 10.8. The smallest absolute Gasteiger partial charge is 0.317 e. The molecule has 0 aromatic heterocycles. The number of amides is 2. The summed E-state index contributed by atoms with van der Waals surface area (Å²) in [5, 5.41) is 3.06. The molecule has 1 atom stereocenters. The van der Waals surface area contributed by atoms with Crippen LogP contribution in [0.15, 0.2) is 24.3 Å². The van der Waals surface area contributed by atoms with Gasteiger partial charge in [0.2, 0.25) is 0 Å². The fraction of sp³-hybridized carbons (Fsp3) is 0.682. The molecule has 0 saturated carbocycles. The third kappa shape index (κ3) is 6.03. The summed E-state index contributed by atoms with van der Waals surface area (Å²) in [6.07, 6.45) is 4.66. The largest absolute Gasteiger partial charge is 0.486 e. The van der Waals surface area contributed by atoms with Crippen LogP contribution in [0.3, 0.4) is 0 Å². The van der Waals surface area contributed by atoms with Crippen molar-refractivity contribution < 1.29 is 14.3 Å². The number of para-hydroxylation sites is 2. The SMILES string of the molecule is CCN(CC1COc2ccccc2O1)C(=O)NCCCCN1CCC(C)CC1. The number of hydrogen-bond acceptors (Lipinski definition) is 4. The van der Waals surface area contributed by atoms with E-state index < -0.39 is 0 Å². The van der Waals surface area contributed by atoms with Gasteiger partial charge in [0.15, 0.2) is 17.6 Å². The lowest BCUT2D eigenvalue weighted by Gasteiger charge is -2.31. The molecule has 2 aliphatic rings. The highest BCUT2D eigenvalue weighted by atomic mass is 16.6. The Bertz CT molecular complexity index is 617. The molecule has 3 rings (SSSR count). The molecule has 6 heteroatoms. The Kier molecular flexibility index (Phi) is 7.83. The van der Waals surface area contributed by atoms with E-state index >= 15 is 0 Å². The summed E-state index contributed by atoms with van der Waals surface area (Å²) in [4.78, 5) is 16.9. The molecule has 1 N–H and O–H groups in total. The zero-order valence-electron chi connectivity index (χ0n) is 17.4. The van der Waals surface area contributed by atoms with E-state index in [2.05, 4.69) is 17.1 Å². The van der Waals surface area contributed by atoms with Crippen LogP contribution >= 0.6 is 0 Å². The number of hydrogen-bond donors (Lipinski definition) is 1. The van der Waals surface area contributed by atoms with Crippen LogP contribution in [0, 0.1) is 5.92 Å². The number of piperidine rings is 1. The lowest BCUT2D eigenvalue weighted by atomic mass is 9.99. The molecule has 6 nitrogen and oxygen atoms in total. The van der Waals surface area contributed by atoms with E-state index in [1.807, 2.05) is 31.2 Å². The van der Waals surface area contributed by atoms with Crippen molar-refractivity contribution in [3.05, 3.63) is 24.3 Å². The Hall–Kier alpha value is -1.95. The molecule has 2 aliphatic heterocycles. The Labute approximate surface area is 169 Å². The average molecular weight is 390 g/mol. The average Bonchev–Trinajstić information content (AvgIpc) is 2.72. The van der Waals surface area contributed by atoms with Crippen molar-refractivity contribution >= 4 is 6.03 Å². The number of carbonyl (C=O) groups excluding carboxylic acids is 1. The topological polar surface area (TPSA) is 54.0 Å². The molecule has 0 radical (unpaired) electrons. The molecule has 2 heterocycles. The molecule has 1 aromatic rings. The highest BCUT2D eigenvalue weighted by Gasteiger charge is 2.24. The van der Waals surface area contributed by atoms with Gasteiger partial charge in [-0.05, 0) is 70.3 Å². The van der Waals surface area contributed by atoms with Crippen molar-refractivity contribution in [2.45, 2.75) is 45.6 Å². The van der Waals surface area contributed by atoms with Gasteiger partial charge in [-0.3, -0.25) is 0 Å². The summed E-state index contributed by atoms with van der Waals surface area (Å²) in [7, 11) is 0. The second-order valence-electron chi connectivity index (χ2n) is 8.00. The maximum Gasteiger partial charge on any atom is 0.317 e. The monoisotopic (exact) mass is 389 g/mol. The van der Waals surface area contributed by atoms with E-state index in [4.69, 9.17) is 9.47 Å². The number of ether oxygens (including phenoxy) is 2. The van der Waals surface area contributed by atoms with Gasteiger partial charge < -0.3 is 24.6 Å². The quantitative estimate of drug-likeness (QED) is 0.693. The van der Waals surface area contributed by atoms with Crippen molar-refractivity contribution in [3.63, 3.8) is 0 Å². The molecule has 1 aromatic carbocycles. The van der Waals surface area contributed by atoms with Crippen molar-refractivity contribution in [2.24, 2.45) is 5.92 Å². The Morgan fingerprint density at radius 1 is 1.21 bits per heavy atom. The molecular formula is C22H35N3O3. The third-order valence-electron chi connectivity index (χ3n) is 5.71. The molecule has 1 fully saturated rings. The second-order valence-corrected chi connectivity index (χ2v) is 8.00. The predicted octanol–water partition coefficient (Wildman–Crippen LogP) is 3.37. The summed E-state index contributed by atoms with van der Waals surface area (Å²) >= 11 is 0. The van der Waals surface area contributed by atoms with E-state index in [1.165, 1.54) is 25.9 Å². The van der Waals surface area contributed by atoms with Crippen molar-refractivity contribution in [1.82, 2.24) is 15.1 Å². The van der Waals surface area contributed by atoms with Crippen LogP contribution in [-0.4, -0.2) is 67.8 Å². The fourth-order valence-electron chi connectivity index (χ4n) is 3.81. The number of nitrogens with zero attached hydrogens (tertiary/aromatic N) is 2. The number of carbonyl (C=O) groups is 1. The molecule has 156 valence electrons. The Morgan fingerprint density at radius 2 is 1.96 bits per heavy atom. The number of fused-ring (bicyclic) bond motifs is 1. The van der Waals surface area contributed by atoms with Crippen LogP contribution in [0.1, 0.15) is 39.5 Å². The minimum Gasteiger partial charge on any atom is -0.486 e. The van der Waals surface area contributed by atoms with Crippen LogP contribution in [-0.2, 0) is 0 Å². The standard InChI is InChI=1S/C22H35N3O3/c1-3-25(16-19-17-27-20-8-4-5-9-21(20)28-19)22(26)23-12-6-7-13-24-14-10-18(2)11-15-24/h4-5,8-9,18-19H,3,6-7,10-17H2,1-2H3,(H,23,26). The van der Waals surface area contributed by atoms with Gasteiger partial charge in [0.1, 0.15) is 6.61 Å². The van der Waals surface area contributed by atoms with Crippen LogP contribution in [0.4, 0.5) is 4.79 Å². The molecule has 0 spiro atoms. The Morgan fingerprint density at radius 3 is 2.71 bits per heavy atom. The summed E-state index contributed by atoms with van der Waals surface area (Å²) in [6.45, 7) is 10.3. The van der Waals surface area contributed by atoms with Gasteiger partial charge in [-0.2, -0.15) is 0 Å². The minimum absolute atomic E-state index is 0.0169. The van der Waals surface area contributed by atoms with Gasteiger partial charge >= 0.3 is 6.03 Å². The van der Waals surface area contributed by atoms with Gasteiger partial charge in [0, 0.05) is 13.1 Å². The molecule has 1 unspecified atom stereocenters. The molecular weight excluding hydrogens is 354 g/mol. The first kappa shape index (κ1) is 20.8. The van der Waals surface area contributed by atoms with Gasteiger partial charge in [-0.1, -0.05) is 19.1 Å². The number of rotatable bonds is 8. The van der Waals surface area contributed by atoms with Gasteiger partial charge in [0.05, 0.1) is 6.54 Å². The van der Waals surface area contributed by atoms with Gasteiger partial charge in [-0.15, -0.1) is 0 Å². The van der Waals surface area contributed by atoms with Crippen molar-refractivity contribution in [2.75, 3.05) is 45.9 Å². The molecule has 1 saturated heterocycles. The highest BCUT2D eigenvalue weighted by Crippen LogP contribution is 2.31. The van der Waals surface area contributed by atoms with Crippen LogP contribution in [0.25, 0.3) is 0 Å². The number of likely N-dealkylation sites (N-methyl/N-ethyl adjacent to an activating group) is 1. The lowest BCUT2D eigenvalue weighted by molar-refractivity contribution is 0.0675. The second kappa shape index (κ2) is 10.6. The lowest BCUT2D eigenvalue weighted by Crippen LogP contribution is -2.47. The molecule has 2 amide bonds. The number of urea groups is 1. The van der Waals surface area contributed by atoms with Gasteiger partial charge in [0.25, 0.3) is 0 Å². The van der Waals surface area contributed by atoms with E-state index in [0.29, 0.717) is 19.7 Å². The molecule has 0 bridgehead atoms. The zero-order chi connectivity index (χ0) is 19.8. The first-order chi connectivity index (χ1) is 13.7. The maximum absolute atomic E-state index is 12.5. The number of unbranched alkanes of at least 4 members (excludes halogenated alkanes) is 1. The van der Waals surface area contributed by atoms with Crippen LogP contribution in [0.5, 0.6) is 11.5 Å². The maximum atomic E-state index is 12.5. The summed E-state index contributed by atoms with van der Waals surface area (Å²) in [6, 6.07) is 7.65. The first-order valence-electron chi connectivity index (χ1n) is 10.8. The minimum atomic E-state index is -0.137. The summed E-state index contributed by atoms with van der Waals surface area (Å²) < 4.78 is 11.7. The van der Waals surface area contributed by atoms with Crippen molar-refractivity contribution in [1.29, 1.82) is 0 Å². The number of likely N-dealkylation sites (tertiary alicyclic amines) is 1. The Balaban J connectivity index is 1.32. The zero-order valence-corrected chi connectivity index (χ0v) is 17.4. The van der Waals surface area contributed by atoms with Crippen LogP contribution < -0.4 is 14.8 Å². The summed E-state index contributed by atoms with van der Waals surface area (Å²) in [5.41, 5.74) is 0. The van der Waals surface area contributed by atoms with E-state index in [1.54, 1.807) is 4.90 Å². The normalized spacial score (nSPS) is 20.0. The van der Waals surface area contributed by atoms with Crippen molar-refractivity contribution in [3.8, 4) is 11.5 Å². The number of nitrogens with one attached hydrogen (secondary N) is 1. The van der Waals surface area contributed by atoms with E-state index in [0.717, 1.165) is 43.3 Å². The fourth-order valence-corrected chi connectivity index (χ4v) is 3.81. The highest BCUT2D eigenvalue weighted by molar-refractivity contribution is 5.74. The van der Waals surface area contributed by atoms with Crippen LogP contribution in [0.2, 0.25) is 0 Å². The number of benzene rings is 1. The van der Waals surface area contributed by atoms with E-state index in [9.17, 15) is 4.79 Å².